The summed E-state index contributed by atoms with van der Waals surface area (Å²) in [4.78, 5) is 63.1. The lowest BCUT2D eigenvalue weighted by Gasteiger charge is -2.11. The maximum Gasteiger partial charge on any atom is 0.394 e. The third kappa shape index (κ3) is 15.6. The van der Waals surface area contributed by atoms with Crippen LogP contribution in [0.5, 0.6) is 0 Å². The molecule has 2 aliphatic carbocycles. The van der Waals surface area contributed by atoms with Gasteiger partial charge < -0.3 is 30.5 Å². The zero-order valence-corrected chi connectivity index (χ0v) is 40.6. The first-order chi connectivity index (χ1) is 30.8. The lowest BCUT2D eigenvalue weighted by molar-refractivity contribution is -0.118. The molecule has 2 aromatic carbocycles. The molecule has 4 aromatic heterocycles. The van der Waals surface area contributed by atoms with Crippen LogP contribution in [0.4, 0.5) is 11.6 Å². The first kappa shape index (κ1) is 56.0. The Morgan fingerprint density at radius 1 is 0.647 bits per heavy atom. The molecule has 0 unspecified atom stereocenters. The van der Waals surface area contributed by atoms with E-state index in [0.29, 0.717) is 42.7 Å². The number of hydrogen-bond acceptors (Lipinski definition) is 13. The zero-order chi connectivity index (χ0) is 47.1. The van der Waals surface area contributed by atoms with E-state index in [2.05, 4.69) is 70.5 Å². The van der Waals surface area contributed by atoms with Crippen LogP contribution < -0.4 is 16.4 Å². The monoisotopic (exact) mass is 971 g/mol. The number of rotatable bonds is 12. The van der Waals surface area contributed by atoms with Gasteiger partial charge in [0.05, 0.1) is 0 Å². The van der Waals surface area contributed by atoms with Gasteiger partial charge in [0.15, 0.2) is 11.6 Å². The van der Waals surface area contributed by atoms with Gasteiger partial charge in [0.25, 0.3) is 5.89 Å². The van der Waals surface area contributed by atoms with Crippen LogP contribution in [0, 0.1) is 25.7 Å². The van der Waals surface area contributed by atoms with Crippen molar-refractivity contribution >= 4 is 60.0 Å². The Morgan fingerprint density at radius 2 is 1.06 bits per heavy atom. The van der Waals surface area contributed by atoms with E-state index in [1.165, 1.54) is 5.56 Å². The summed E-state index contributed by atoms with van der Waals surface area (Å²) in [7, 11) is 0. The SMILES string of the molecule is C.CC(C)(C)c1noc(C(=O)O)n1.Cc1cc(-c2ccnc(NC(=O)C3CC3)c2)ccc1CCC(=O)c1nc(C(C)(C)C)no1.Cc1cc(-c2ccnc(NC(=O)C3CC3)c2)ccc1CN.Cl.Cl. The van der Waals surface area contributed by atoms with E-state index in [1.54, 1.807) is 12.4 Å². The number of Topliss-reactive ketones (excluding diaryl/α,β-unsaturated/α-hetero) is 1. The Bertz CT molecular complexity index is 2680. The molecule has 68 heavy (non-hydrogen) atoms. The Kier molecular flexibility index (Phi) is 19.8. The molecule has 4 heterocycles. The zero-order valence-electron chi connectivity index (χ0n) is 39.0. The summed E-state index contributed by atoms with van der Waals surface area (Å²) in [5, 5.41) is 21.7. The van der Waals surface area contributed by atoms with Crippen LogP contribution in [0.1, 0.15) is 136 Å². The highest BCUT2D eigenvalue weighted by Gasteiger charge is 2.31. The van der Waals surface area contributed by atoms with Crippen LogP contribution in [0.25, 0.3) is 22.3 Å². The normalized spacial score (nSPS) is 12.8. The van der Waals surface area contributed by atoms with Gasteiger partial charge in [0, 0.05) is 48.0 Å². The molecular formula is C50H63Cl2N9O7. The smallest absolute Gasteiger partial charge is 0.394 e. The van der Waals surface area contributed by atoms with Crippen molar-refractivity contribution in [2.75, 3.05) is 10.6 Å². The van der Waals surface area contributed by atoms with Gasteiger partial charge in [-0.15, -0.1) is 24.8 Å². The number of carbonyl (C=O) groups excluding carboxylic acids is 3. The molecule has 5 N–H and O–H groups in total. The quantitative estimate of drug-likeness (QED) is 0.0834. The van der Waals surface area contributed by atoms with Crippen molar-refractivity contribution in [3.63, 3.8) is 0 Å². The third-order valence-corrected chi connectivity index (χ3v) is 10.7. The highest BCUT2D eigenvalue weighted by Crippen LogP contribution is 2.32. The van der Waals surface area contributed by atoms with Gasteiger partial charge >= 0.3 is 11.9 Å². The predicted molar refractivity (Wildman–Crippen MR) is 266 cm³/mol. The van der Waals surface area contributed by atoms with E-state index in [-0.39, 0.29) is 84.3 Å². The van der Waals surface area contributed by atoms with Crippen molar-refractivity contribution in [3.05, 3.63) is 119 Å². The predicted octanol–water partition coefficient (Wildman–Crippen LogP) is 10.3. The van der Waals surface area contributed by atoms with Crippen molar-refractivity contribution in [3.8, 4) is 22.3 Å². The lowest BCUT2D eigenvalue weighted by Crippen LogP contribution is -2.14. The van der Waals surface area contributed by atoms with Crippen LogP contribution >= 0.6 is 24.8 Å². The second kappa shape index (κ2) is 24.1. The molecule has 0 saturated heterocycles. The first-order valence-electron chi connectivity index (χ1n) is 21.7. The minimum absolute atomic E-state index is 0. The number of ketones is 1. The van der Waals surface area contributed by atoms with E-state index < -0.39 is 5.97 Å². The summed E-state index contributed by atoms with van der Waals surface area (Å²) in [6.45, 7) is 16.2. The van der Waals surface area contributed by atoms with Crippen LogP contribution in [0.3, 0.4) is 0 Å². The number of carboxylic acids is 1. The number of benzene rings is 2. The van der Waals surface area contributed by atoms with Gasteiger partial charge in [0.1, 0.15) is 11.6 Å². The van der Waals surface area contributed by atoms with Crippen LogP contribution in [0.2, 0.25) is 0 Å². The number of aromatic carboxylic acids is 1. The van der Waals surface area contributed by atoms with Gasteiger partial charge in [-0.2, -0.15) is 9.97 Å². The first-order valence-corrected chi connectivity index (χ1v) is 21.7. The summed E-state index contributed by atoms with van der Waals surface area (Å²) in [5.74, 6) is 0.924. The molecule has 2 amide bonds. The maximum atomic E-state index is 12.5. The van der Waals surface area contributed by atoms with Gasteiger partial charge in [0.2, 0.25) is 17.6 Å². The van der Waals surface area contributed by atoms with Crippen molar-refractivity contribution in [2.24, 2.45) is 17.6 Å². The fourth-order valence-corrected chi connectivity index (χ4v) is 6.38. The Hall–Kier alpha value is -6.36. The summed E-state index contributed by atoms with van der Waals surface area (Å²) >= 11 is 0. The van der Waals surface area contributed by atoms with Crippen LogP contribution in [-0.2, 0) is 33.4 Å². The molecule has 0 spiro atoms. The highest BCUT2D eigenvalue weighted by atomic mass is 35.5. The van der Waals surface area contributed by atoms with Gasteiger partial charge in [-0.1, -0.05) is 95.7 Å². The number of pyridine rings is 2. The third-order valence-electron chi connectivity index (χ3n) is 10.7. The number of carboxylic acid groups (broad SMARTS) is 1. The minimum Gasteiger partial charge on any atom is -0.474 e. The second-order valence-corrected chi connectivity index (χ2v) is 18.4. The topological polar surface area (TPSA) is 242 Å². The van der Waals surface area contributed by atoms with Crippen LogP contribution in [0.15, 0.2) is 82.1 Å². The molecule has 0 atom stereocenters. The molecule has 2 fully saturated rings. The summed E-state index contributed by atoms with van der Waals surface area (Å²) in [5.41, 5.74) is 13.8. The summed E-state index contributed by atoms with van der Waals surface area (Å²) in [6.07, 6.45) is 8.23. The van der Waals surface area contributed by atoms with Crippen molar-refractivity contribution < 1.29 is 33.3 Å². The molecule has 2 saturated carbocycles. The van der Waals surface area contributed by atoms with E-state index in [9.17, 15) is 19.2 Å². The standard InChI is InChI=1S/C25H28N4O3.C17H19N3O.C7H10N2O3.CH4.2ClH/c1-15-13-18(19-11-12-26-21(14-19)27-22(31)17-6-7-17)8-5-16(15)9-10-20(30)23-28-24(29-32-23)25(2,3)4;1-11-8-13(4-5-15(11)10-18)14-6-7-19-16(9-14)20-17(21)12-2-3-12;1-7(2,3)6-8-4(5(10)11)12-9-6;;;/h5,8,11-14,17H,6-7,9-10H2,1-4H3,(H,26,27,31);4-9,12H,2-3,10,18H2,1H3,(H,19,20,21);1-3H3,(H,10,11);1H4;2*1H. The molecule has 0 aliphatic heterocycles. The van der Waals surface area contributed by atoms with E-state index in [0.717, 1.165) is 64.6 Å². The molecular weight excluding hydrogens is 910 g/mol. The fourth-order valence-electron chi connectivity index (χ4n) is 6.38. The number of anilines is 2. The Morgan fingerprint density at radius 3 is 1.43 bits per heavy atom. The molecule has 6 aromatic rings. The largest absolute Gasteiger partial charge is 0.474 e. The van der Waals surface area contributed by atoms with Gasteiger partial charge in [-0.3, -0.25) is 14.4 Å². The van der Waals surface area contributed by atoms with Gasteiger partial charge in [-0.25, -0.2) is 14.8 Å². The number of amides is 2. The second-order valence-electron chi connectivity index (χ2n) is 18.4. The summed E-state index contributed by atoms with van der Waals surface area (Å²) in [6, 6.07) is 20.0. The van der Waals surface area contributed by atoms with E-state index in [4.69, 9.17) is 15.4 Å². The van der Waals surface area contributed by atoms with E-state index >= 15 is 0 Å². The number of nitrogens with zero attached hydrogens (tertiary/aromatic N) is 6. The Labute approximate surface area is 409 Å². The number of nitrogens with two attached hydrogens (primary N) is 1. The Balaban J connectivity index is 0.000000293. The van der Waals surface area contributed by atoms with Crippen molar-refractivity contribution in [2.45, 2.75) is 119 Å². The highest BCUT2D eigenvalue weighted by molar-refractivity contribution is 5.94. The van der Waals surface area contributed by atoms with Crippen molar-refractivity contribution in [1.29, 1.82) is 0 Å². The number of hydrogen-bond donors (Lipinski definition) is 4. The molecule has 18 heteroatoms. The average Bonchev–Trinajstić information content (AvgIpc) is 4.19. The molecule has 0 bridgehead atoms. The number of aryl methyl sites for hydroxylation is 3. The molecule has 0 radical (unpaired) electrons. The maximum absolute atomic E-state index is 12.5. The van der Waals surface area contributed by atoms with Crippen LogP contribution in [-0.4, -0.2) is 58.9 Å². The number of nitrogens with one attached hydrogen (secondary N) is 2. The van der Waals surface area contributed by atoms with E-state index in [1.807, 2.05) is 90.9 Å². The average molecular weight is 973 g/mol. The van der Waals surface area contributed by atoms with Gasteiger partial charge in [-0.05, 0) is 115 Å². The molecule has 2 aliphatic rings. The number of aromatic nitrogens is 6. The molecule has 16 nitrogen and oxygen atoms in total. The molecule has 8 rings (SSSR count). The fraction of sp³-hybridized carbons (Fsp3) is 0.400. The molecule has 364 valence electrons. The minimum atomic E-state index is -1.20. The number of carbonyl (C=O) groups is 4. The van der Waals surface area contributed by atoms with Crippen molar-refractivity contribution in [1.82, 2.24) is 30.2 Å². The number of halogens is 2. The lowest BCUT2D eigenvalue weighted by atomic mass is 9.96. The summed E-state index contributed by atoms with van der Waals surface area (Å²) < 4.78 is 9.65.